The van der Waals surface area contributed by atoms with Crippen LogP contribution in [0.3, 0.4) is 0 Å². The van der Waals surface area contributed by atoms with Gasteiger partial charge in [-0.05, 0) is 17.7 Å². The number of nitrogens with zero attached hydrogens (tertiary/aromatic N) is 2. The molecule has 0 amide bonds. The Balaban J connectivity index is 2.19. The number of hydrogen-bond acceptors (Lipinski definition) is 3. The van der Waals surface area contributed by atoms with Gasteiger partial charge in [0.05, 0.1) is 20.5 Å². The second kappa shape index (κ2) is 7.61. The van der Waals surface area contributed by atoms with Crippen LogP contribution in [-0.2, 0) is 5.54 Å². The summed E-state index contributed by atoms with van der Waals surface area (Å²) in [6, 6.07) is 26.5. The van der Waals surface area contributed by atoms with Gasteiger partial charge >= 0.3 is 0 Å². The van der Waals surface area contributed by atoms with Crippen LogP contribution in [0.5, 0.6) is 11.5 Å². The van der Waals surface area contributed by atoms with Crippen molar-refractivity contribution in [3.05, 3.63) is 114 Å². The summed E-state index contributed by atoms with van der Waals surface area (Å²) in [7, 11) is 3.40. The maximum absolute atomic E-state index is 5.79. The van der Waals surface area contributed by atoms with Crippen LogP contribution in [0.2, 0.25) is 0 Å². The summed E-state index contributed by atoms with van der Waals surface area (Å²) in [5.41, 5.74) is 2.39. The fraction of sp³-hybridized carbons (Fsp3) is 0.125. The second-order valence-corrected chi connectivity index (χ2v) is 6.45. The Morgan fingerprint density at radius 1 is 0.714 bits per heavy atom. The number of ether oxygens (including phenoxy) is 2. The number of para-hydroxylation sites is 2. The first-order chi connectivity index (χ1) is 13.8. The number of imidazole rings is 1. The molecule has 1 aromatic heterocycles. The van der Waals surface area contributed by atoms with Gasteiger partial charge in [-0.1, -0.05) is 66.7 Å². The van der Waals surface area contributed by atoms with E-state index in [0.717, 1.165) is 28.2 Å². The van der Waals surface area contributed by atoms with Crippen molar-refractivity contribution in [3.8, 4) is 11.5 Å². The van der Waals surface area contributed by atoms with Crippen LogP contribution >= 0.6 is 0 Å². The minimum atomic E-state index is -0.711. The van der Waals surface area contributed by atoms with E-state index in [-0.39, 0.29) is 0 Å². The molecule has 0 bridgehead atoms. The van der Waals surface area contributed by atoms with Crippen molar-refractivity contribution in [3.63, 3.8) is 0 Å². The van der Waals surface area contributed by atoms with Crippen LogP contribution < -0.4 is 9.47 Å². The van der Waals surface area contributed by atoms with Crippen LogP contribution in [0.15, 0.2) is 97.6 Å². The van der Waals surface area contributed by atoms with E-state index in [0.29, 0.717) is 0 Å². The number of aromatic nitrogens is 2. The summed E-state index contributed by atoms with van der Waals surface area (Å²) in [4.78, 5) is 4.36. The number of methoxy groups -OCH3 is 2. The zero-order valence-corrected chi connectivity index (χ0v) is 15.9. The molecule has 0 spiro atoms. The van der Waals surface area contributed by atoms with Crippen LogP contribution in [0.1, 0.15) is 16.7 Å². The van der Waals surface area contributed by atoms with Gasteiger partial charge in [-0.15, -0.1) is 0 Å². The van der Waals surface area contributed by atoms with Gasteiger partial charge in [0.15, 0.2) is 0 Å². The Morgan fingerprint density at radius 3 is 1.75 bits per heavy atom. The molecule has 3 aromatic carbocycles. The molecule has 28 heavy (non-hydrogen) atoms. The van der Waals surface area contributed by atoms with Crippen LogP contribution in [0.4, 0.5) is 0 Å². The molecule has 1 heterocycles. The molecule has 4 nitrogen and oxygen atoms in total. The van der Waals surface area contributed by atoms with Crippen molar-refractivity contribution >= 4 is 0 Å². The summed E-state index contributed by atoms with van der Waals surface area (Å²) < 4.78 is 13.7. The number of rotatable bonds is 6. The van der Waals surface area contributed by atoms with Gasteiger partial charge in [-0.2, -0.15) is 0 Å². The SMILES string of the molecule is COc1ccccc1C(c1ccccc1)(c1ccccc1OC)n1ccnc1. The number of hydrogen-bond donors (Lipinski definition) is 0. The summed E-state index contributed by atoms with van der Waals surface area (Å²) >= 11 is 0. The van der Waals surface area contributed by atoms with Gasteiger partial charge in [-0.3, -0.25) is 0 Å². The Bertz CT molecular complexity index is 996. The minimum Gasteiger partial charge on any atom is -0.496 e. The first kappa shape index (κ1) is 17.9. The summed E-state index contributed by atoms with van der Waals surface area (Å²) in [6.07, 6.45) is 5.61. The molecule has 0 saturated heterocycles. The van der Waals surface area contributed by atoms with Gasteiger partial charge in [0.1, 0.15) is 17.0 Å². The molecule has 4 rings (SSSR count). The summed E-state index contributed by atoms with van der Waals surface area (Å²) in [5.74, 6) is 1.59. The molecule has 0 unspecified atom stereocenters. The highest BCUT2D eigenvalue weighted by atomic mass is 16.5. The molecular weight excluding hydrogens is 348 g/mol. The lowest BCUT2D eigenvalue weighted by Crippen LogP contribution is -2.37. The third-order valence-electron chi connectivity index (χ3n) is 5.08. The zero-order chi connectivity index (χ0) is 19.4. The van der Waals surface area contributed by atoms with Gasteiger partial charge in [0, 0.05) is 23.5 Å². The minimum absolute atomic E-state index is 0.711. The monoisotopic (exact) mass is 370 g/mol. The van der Waals surface area contributed by atoms with Crippen molar-refractivity contribution in [1.29, 1.82) is 0 Å². The smallest absolute Gasteiger partial charge is 0.128 e. The highest BCUT2D eigenvalue weighted by molar-refractivity contribution is 5.59. The molecule has 4 heteroatoms. The maximum atomic E-state index is 5.79. The molecule has 0 N–H and O–H groups in total. The van der Waals surface area contributed by atoms with Gasteiger partial charge in [0.25, 0.3) is 0 Å². The molecule has 0 radical (unpaired) electrons. The van der Waals surface area contributed by atoms with Crippen molar-refractivity contribution in [2.24, 2.45) is 0 Å². The van der Waals surface area contributed by atoms with Gasteiger partial charge < -0.3 is 14.0 Å². The molecule has 140 valence electrons. The van der Waals surface area contributed by atoms with Crippen LogP contribution in [0.25, 0.3) is 0 Å². The Kier molecular flexibility index (Phi) is 4.85. The van der Waals surface area contributed by atoms with Crippen molar-refractivity contribution < 1.29 is 9.47 Å². The molecule has 0 aliphatic carbocycles. The highest BCUT2D eigenvalue weighted by Crippen LogP contribution is 2.47. The Labute approximate surface area is 165 Å². The van der Waals surface area contributed by atoms with E-state index in [1.807, 2.05) is 67.1 Å². The van der Waals surface area contributed by atoms with Gasteiger partial charge in [-0.25, -0.2) is 4.98 Å². The molecule has 4 aromatic rings. The average molecular weight is 370 g/mol. The second-order valence-electron chi connectivity index (χ2n) is 6.45. The zero-order valence-electron chi connectivity index (χ0n) is 15.9. The number of benzene rings is 3. The Morgan fingerprint density at radius 2 is 1.25 bits per heavy atom. The quantitative estimate of drug-likeness (QED) is 0.460. The van der Waals surface area contributed by atoms with E-state index in [4.69, 9.17) is 9.47 Å². The predicted molar refractivity (Wildman–Crippen MR) is 110 cm³/mol. The Hall–Kier alpha value is -3.53. The third kappa shape index (κ3) is 2.74. The first-order valence-electron chi connectivity index (χ1n) is 9.13. The summed E-state index contributed by atoms with van der Waals surface area (Å²) in [5, 5.41) is 0. The molecular formula is C24H22N2O2. The van der Waals surface area contributed by atoms with E-state index in [9.17, 15) is 0 Å². The molecule has 0 aliphatic heterocycles. The molecule has 0 saturated carbocycles. The van der Waals surface area contributed by atoms with Crippen LogP contribution in [0, 0.1) is 0 Å². The molecule has 0 fully saturated rings. The maximum Gasteiger partial charge on any atom is 0.128 e. The fourth-order valence-electron chi connectivity index (χ4n) is 3.91. The standard InChI is InChI=1S/C24H22N2O2/c1-27-22-14-8-6-12-20(22)24(26-17-16-25-18-26,19-10-4-3-5-11-19)21-13-7-9-15-23(21)28-2/h3-18H,1-2H3. The van der Waals surface area contributed by atoms with E-state index < -0.39 is 5.54 Å². The van der Waals surface area contributed by atoms with E-state index in [1.54, 1.807) is 20.4 Å². The van der Waals surface area contributed by atoms with Gasteiger partial charge in [0.2, 0.25) is 0 Å². The highest BCUT2D eigenvalue weighted by Gasteiger charge is 2.42. The molecule has 0 atom stereocenters. The van der Waals surface area contributed by atoms with Crippen LogP contribution in [-0.4, -0.2) is 23.8 Å². The topological polar surface area (TPSA) is 36.3 Å². The van der Waals surface area contributed by atoms with Crippen molar-refractivity contribution in [1.82, 2.24) is 9.55 Å². The van der Waals surface area contributed by atoms with E-state index >= 15 is 0 Å². The van der Waals surface area contributed by atoms with E-state index in [2.05, 4.69) is 33.8 Å². The van der Waals surface area contributed by atoms with Crippen molar-refractivity contribution in [2.45, 2.75) is 5.54 Å². The lowest BCUT2D eigenvalue weighted by atomic mass is 9.76. The summed E-state index contributed by atoms with van der Waals surface area (Å²) in [6.45, 7) is 0. The van der Waals surface area contributed by atoms with E-state index in [1.165, 1.54) is 0 Å². The third-order valence-corrected chi connectivity index (χ3v) is 5.08. The average Bonchev–Trinajstić information content (AvgIpc) is 3.31. The fourth-order valence-corrected chi connectivity index (χ4v) is 3.91. The first-order valence-corrected chi connectivity index (χ1v) is 9.13. The lowest BCUT2D eigenvalue weighted by Gasteiger charge is -2.38. The lowest BCUT2D eigenvalue weighted by molar-refractivity contribution is 0.375. The largest absolute Gasteiger partial charge is 0.496 e. The normalized spacial score (nSPS) is 11.2. The molecule has 0 aliphatic rings. The van der Waals surface area contributed by atoms with Crippen molar-refractivity contribution in [2.75, 3.05) is 14.2 Å². The predicted octanol–water partition coefficient (Wildman–Crippen LogP) is 4.74.